The fourth-order valence-electron chi connectivity index (χ4n) is 3.61. The summed E-state index contributed by atoms with van der Waals surface area (Å²) in [5, 5.41) is 9.24. The van der Waals surface area contributed by atoms with Crippen molar-refractivity contribution >= 4 is 5.69 Å². The Balaban J connectivity index is 2.34. The molecule has 146 valence electrons. The molecule has 0 aromatic heterocycles. The molecule has 0 fully saturated rings. The Kier molecular flexibility index (Phi) is 7.29. The lowest BCUT2D eigenvalue weighted by molar-refractivity contribution is 0.604. The van der Waals surface area contributed by atoms with Crippen molar-refractivity contribution in [1.29, 1.82) is 0 Å². The van der Waals surface area contributed by atoms with E-state index in [2.05, 4.69) is 103 Å². The monoisotopic (exact) mass is 366 g/mol. The summed E-state index contributed by atoms with van der Waals surface area (Å²) in [6.07, 6.45) is 6.54. The van der Waals surface area contributed by atoms with Gasteiger partial charge in [-0.25, -0.2) is 0 Å². The van der Waals surface area contributed by atoms with Gasteiger partial charge in [-0.1, -0.05) is 51.1 Å². The van der Waals surface area contributed by atoms with Gasteiger partial charge in [0.05, 0.1) is 16.8 Å². The number of allylic oxidation sites excluding steroid dienone is 2. The SMILES string of the molecule is CC(C)C1=C[CH+]C=C(C(C)C)C1N=NNc1c(C(C)C)cccc1C(C)C. The second-order valence-corrected chi connectivity index (χ2v) is 8.69. The molecule has 1 N–H and O–H groups in total. The molecule has 0 atom stereocenters. The van der Waals surface area contributed by atoms with Gasteiger partial charge in [0.2, 0.25) is 0 Å². The van der Waals surface area contributed by atoms with Crippen molar-refractivity contribution in [3.63, 3.8) is 0 Å². The fraction of sp³-hybridized carbons (Fsp3) is 0.542. The molecule has 3 nitrogen and oxygen atoms in total. The average molecular weight is 367 g/mol. The zero-order valence-corrected chi connectivity index (χ0v) is 18.2. The van der Waals surface area contributed by atoms with Crippen LogP contribution in [0.5, 0.6) is 0 Å². The third-order valence-electron chi connectivity index (χ3n) is 5.25. The van der Waals surface area contributed by atoms with Crippen LogP contribution in [0.4, 0.5) is 5.69 Å². The number of hydrogen-bond donors (Lipinski definition) is 1. The van der Waals surface area contributed by atoms with E-state index in [0.29, 0.717) is 23.7 Å². The van der Waals surface area contributed by atoms with E-state index in [1.807, 2.05) is 0 Å². The van der Waals surface area contributed by atoms with Gasteiger partial charge in [-0.3, -0.25) is 5.43 Å². The summed E-state index contributed by atoms with van der Waals surface area (Å²) in [7, 11) is 0. The highest BCUT2D eigenvalue weighted by Gasteiger charge is 2.33. The predicted octanol–water partition coefficient (Wildman–Crippen LogP) is 7.46. The van der Waals surface area contributed by atoms with E-state index >= 15 is 0 Å². The van der Waals surface area contributed by atoms with Crippen LogP contribution in [-0.2, 0) is 0 Å². The summed E-state index contributed by atoms with van der Waals surface area (Å²) >= 11 is 0. The van der Waals surface area contributed by atoms with Gasteiger partial charge in [-0.05, 0) is 50.7 Å². The van der Waals surface area contributed by atoms with E-state index in [9.17, 15) is 0 Å². The van der Waals surface area contributed by atoms with Gasteiger partial charge in [0.25, 0.3) is 0 Å². The second-order valence-electron chi connectivity index (χ2n) is 8.69. The Morgan fingerprint density at radius 2 is 1.26 bits per heavy atom. The molecular formula is C24H36N3+. The molecule has 0 amide bonds. The molecule has 2 rings (SSSR count). The van der Waals surface area contributed by atoms with E-state index in [-0.39, 0.29) is 6.04 Å². The van der Waals surface area contributed by atoms with Crippen LogP contribution < -0.4 is 5.43 Å². The minimum Gasteiger partial charge on any atom is -0.259 e. The number of hydrogen-bond acceptors (Lipinski definition) is 2. The fourth-order valence-corrected chi connectivity index (χ4v) is 3.61. The molecular weight excluding hydrogens is 330 g/mol. The lowest BCUT2D eigenvalue weighted by Crippen LogP contribution is -2.22. The van der Waals surface area contributed by atoms with Gasteiger partial charge < -0.3 is 0 Å². The maximum absolute atomic E-state index is 4.74. The molecule has 27 heavy (non-hydrogen) atoms. The van der Waals surface area contributed by atoms with Crippen LogP contribution in [0, 0.1) is 18.3 Å². The first-order valence-corrected chi connectivity index (χ1v) is 10.3. The van der Waals surface area contributed by atoms with Crippen molar-refractivity contribution in [1.82, 2.24) is 0 Å². The van der Waals surface area contributed by atoms with Crippen molar-refractivity contribution in [3.8, 4) is 0 Å². The summed E-state index contributed by atoms with van der Waals surface area (Å²) in [4.78, 5) is 0. The number of nitrogens with one attached hydrogen (secondary N) is 1. The van der Waals surface area contributed by atoms with E-state index < -0.39 is 0 Å². The van der Waals surface area contributed by atoms with Gasteiger partial charge in [0.1, 0.15) is 0 Å². The largest absolute Gasteiger partial charge is 0.259 e. The molecule has 0 aliphatic heterocycles. The second kappa shape index (κ2) is 9.25. The molecule has 0 bridgehead atoms. The lowest BCUT2D eigenvalue weighted by Gasteiger charge is -2.21. The van der Waals surface area contributed by atoms with Crippen LogP contribution in [0.2, 0.25) is 0 Å². The van der Waals surface area contributed by atoms with Crippen molar-refractivity contribution in [2.45, 2.75) is 73.3 Å². The molecule has 1 aliphatic rings. The van der Waals surface area contributed by atoms with E-state index in [0.717, 1.165) is 5.69 Å². The minimum absolute atomic E-state index is 0.0243. The van der Waals surface area contributed by atoms with Gasteiger partial charge in [0.15, 0.2) is 6.04 Å². The molecule has 0 radical (unpaired) electrons. The Bertz CT molecular complexity index is 671. The van der Waals surface area contributed by atoms with Gasteiger partial charge in [-0.15, -0.1) is 5.11 Å². The molecule has 0 heterocycles. The quantitative estimate of drug-likeness (QED) is 0.303. The first-order chi connectivity index (χ1) is 12.7. The van der Waals surface area contributed by atoms with Crippen molar-refractivity contribution in [3.05, 3.63) is 59.0 Å². The van der Waals surface area contributed by atoms with Gasteiger partial charge in [0, 0.05) is 30.4 Å². The van der Waals surface area contributed by atoms with Crippen LogP contribution in [0.3, 0.4) is 0 Å². The zero-order chi connectivity index (χ0) is 20.1. The zero-order valence-electron chi connectivity index (χ0n) is 18.2. The average Bonchev–Trinajstić information content (AvgIpc) is 2.61. The standard InChI is InChI=1S/C24H36N3/c1-15(2)19-11-9-12-20(16(3)4)23(19)25-27-26-24-21(17(5)6)13-10-14-22(24)18(7)8/h9-18,23H,1-8H3,(H,25,26)/q+1. The Morgan fingerprint density at radius 1 is 0.778 bits per heavy atom. The maximum Gasteiger partial charge on any atom is 0.200 e. The third-order valence-corrected chi connectivity index (χ3v) is 5.25. The number of benzene rings is 1. The molecule has 1 aromatic rings. The maximum atomic E-state index is 4.74. The summed E-state index contributed by atoms with van der Waals surface area (Å²) in [5.74, 6) is 1.76. The van der Waals surface area contributed by atoms with Crippen LogP contribution in [-0.4, -0.2) is 6.04 Å². The summed E-state index contributed by atoms with van der Waals surface area (Å²) < 4.78 is 0. The van der Waals surface area contributed by atoms with Crippen LogP contribution in [0.1, 0.15) is 78.4 Å². The van der Waals surface area contributed by atoms with Crippen LogP contribution in [0.25, 0.3) is 0 Å². The number of para-hydroxylation sites is 1. The van der Waals surface area contributed by atoms with Crippen LogP contribution in [0.15, 0.2) is 51.8 Å². The first-order valence-electron chi connectivity index (χ1n) is 10.3. The molecule has 1 aliphatic carbocycles. The number of rotatable bonds is 7. The van der Waals surface area contributed by atoms with Crippen molar-refractivity contribution in [2.75, 3.05) is 5.43 Å². The van der Waals surface area contributed by atoms with Crippen molar-refractivity contribution in [2.24, 2.45) is 22.2 Å². The van der Waals surface area contributed by atoms with Gasteiger partial charge in [-0.2, -0.15) is 0 Å². The summed E-state index contributed by atoms with van der Waals surface area (Å²) in [5.41, 5.74) is 9.64. The topological polar surface area (TPSA) is 36.8 Å². The smallest absolute Gasteiger partial charge is 0.200 e. The highest BCUT2D eigenvalue weighted by Crippen LogP contribution is 2.34. The minimum atomic E-state index is 0.0243. The van der Waals surface area contributed by atoms with Gasteiger partial charge >= 0.3 is 0 Å². The Morgan fingerprint density at radius 3 is 1.67 bits per heavy atom. The molecule has 3 heteroatoms. The first kappa shape index (κ1) is 21.3. The highest BCUT2D eigenvalue weighted by atomic mass is 15.4. The molecule has 0 saturated heterocycles. The van der Waals surface area contributed by atoms with Crippen LogP contribution >= 0.6 is 0 Å². The predicted molar refractivity (Wildman–Crippen MR) is 117 cm³/mol. The van der Waals surface area contributed by atoms with E-state index in [4.69, 9.17) is 5.11 Å². The van der Waals surface area contributed by atoms with E-state index in [1.165, 1.54) is 22.3 Å². The van der Waals surface area contributed by atoms with Crippen molar-refractivity contribution < 1.29 is 0 Å². The molecule has 0 spiro atoms. The highest BCUT2D eigenvalue weighted by molar-refractivity contribution is 5.59. The van der Waals surface area contributed by atoms with E-state index in [1.54, 1.807) is 0 Å². The lowest BCUT2D eigenvalue weighted by atomic mass is 9.82. The molecule has 0 saturated carbocycles. The third kappa shape index (κ3) is 5.03. The summed E-state index contributed by atoms with van der Waals surface area (Å²) in [6, 6.07) is 6.53. The Labute approximate surface area is 166 Å². The number of nitrogens with zero attached hydrogens (tertiary/aromatic N) is 2. The normalized spacial score (nSPS) is 15.7. The molecule has 0 unspecified atom stereocenters. The summed E-state index contributed by atoms with van der Waals surface area (Å²) in [6.45, 7) is 17.8. The molecule has 1 aromatic carbocycles. The Hall–Kier alpha value is -2.03. The number of anilines is 1.